The van der Waals surface area contributed by atoms with Crippen LogP contribution in [-0.2, 0) is 21.3 Å². The number of nitrogens with zero attached hydrogens (tertiary/aromatic N) is 3. The Labute approximate surface area is 150 Å². The van der Waals surface area contributed by atoms with Crippen molar-refractivity contribution in [1.82, 2.24) is 9.78 Å². The monoisotopic (exact) mass is 369 g/mol. The Bertz CT molecular complexity index is 787. The van der Waals surface area contributed by atoms with E-state index in [0.717, 1.165) is 11.3 Å². The molecule has 0 fully saturated rings. The average Bonchev–Trinajstić information content (AvgIpc) is 2.95. The van der Waals surface area contributed by atoms with Crippen molar-refractivity contribution in [3.8, 4) is 11.3 Å². The molecule has 6 nitrogen and oxygen atoms in total. The van der Waals surface area contributed by atoms with Crippen LogP contribution in [0, 0.1) is 0 Å². The molecule has 0 radical (unpaired) electrons. The Hall–Kier alpha value is -2.18. The van der Waals surface area contributed by atoms with E-state index in [4.69, 9.17) is 32.7 Å². The van der Waals surface area contributed by atoms with Gasteiger partial charge in [0.25, 0.3) is 0 Å². The summed E-state index contributed by atoms with van der Waals surface area (Å²) in [6.07, 6.45) is 1.30. The van der Waals surface area contributed by atoms with Crippen molar-refractivity contribution >= 4 is 35.0 Å². The number of aryl methyl sites for hydroxylation is 1. The summed E-state index contributed by atoms with van der Waals surface area (Å²) in [6.45, 7) is 0. The van der Waals surface area contributed by atoms with Gasteiger partial charge in [-0.3, -0.25) is 4.68 Å². The van der Waals surface area contributed by atoms with Gasteiger partial charge in [0.1, 0.15) is 6.26 Å². The Morgan fingerprint density at radius 2 is 1.96 bits per heavy atom. The molecule has 0 N–H and O–H groups in total. The van der Waals surface area contributed by atoms with Crippen LogP contribution in [0.3, 0.4) is 0 Å². The van der Waals surface area contributed by atoms with Gasteiger partial charge in [0.15, 0.2) is 11.5 Å². The smallest absolute Gasteiger partial charge is 0.357 e. The number of carbonyl (C=O) groups is 1. The molecule has 1 heterocycles. The number of aromatic nitrogens is 2. The summed E-state index contributed by atoms with van der Waals surface area (Å²) in [7, 11) is 6.26. The first-order valence-corrected chi connectivity index (χ1v) is 7.69. The van der Waals surface area contributed by atoms with Crippen molar-refractivity contribution in [1.29, 1.82) is 0 Å². The summed E-state index contributed by atoms with van der Waals surface area (Å²) in [4.78, 5) is 13.5. The summed E-state index contributed by atoms with van der Waals surface area (Å²) in [5.41, 5.74) is 1.89. The van der Waals surface area contributed by atoms with Gasteiger partial charge in [-0.1, -0.05) is 29.3 Å². The molecular formula is C16H17Cl2N3O3. The zero-order chi connectivity index (χ0) is 17.9. The van der Waals surface area contributed by atoms with E-state index in [-0.39, 0.29) is 5.70 Å². The van der Waals surface area contributed by atoms with Gasteiger partial charge in [-0.05, 0) is 12.1 Å². The molecular weight excluding hydrogens is 353 g/mol. The Balaban J connectivity index is 2.41. The van der Waals surface area contributed by atoms with E-state index >= 15 is 0 Å². The maximum atomic E-state index is 11.9. The van der Waals surface area contributed by atoms with Crippen molar-refractivity contribution in [2.24, 2.45) is 7.05 Å². The largest absolute Gasteiger partial charge is 0.502 e. The molecule has 0 aliphatic carbocycles. The van der Waals surface area contributed by atoms with Crippen LogP contribution in [0.2, 0.25) is 10.0 Å². The molecule has 128 valence electrons. The van der Waals surface area contributed by atoms with Gasteiger partial charge in [0.2, 0.25) is 0 Å². The van der Waals surface area contributed by atoms with Gasteiger partial charge in [0, 0.05) is 25.7 Å². The quantitative estimate of drug-likeness (QED) is 0.458. The van der Waals surface area contributed by atoms with Crippen LogP contribution < -0.4 is 4.90 Å². The minimum atomic E-state index is -0.527. The summed E-state index contributed by atoms with van der Waals surface area (Å²) >= 11 is 12.0. The first-order chi connectivity index (χ1) is 11.4. The van der Waals surface area contributed by atoms with E-state index in [1.807, 2.05) is 12.1 Å². The number of carbonyl (C=O) groups excluding carboxylic acids is 1. The lowest BCUT2D eigenvalue weighted by molar-refractivity contribution is -0.136. The van der Waals surface area contributed by atoms with Crippen molar-refractivity contribution < 1.29 is 14.3 Å². The first-order valence-electron chi connectivity index (χ1n) is 6.93. The molecule has 1 aromatic heterocycles. The van der Waals surface area contributed by atoms with E-state index in [1.54, 1.807) is 35.8 Å². The van der Waals surface area contributed by atoms with Crippen LogP contribution >= 0.6 is 23.2 Å². The van der Waals surface area contributed by atoms with Crippen LogP contribution in [-0.4, -0.2) is 37.0 Å². The van der Waals surface area contributed by atoms with Gasteiger partial charge in [0.05, 0.1) is 30.0 Å². The highest BCUT2D eigenvalue weighted by Crippen LogP contribution is 2.30. The van der Waals surface area contributed by atoms with Crippen LogP contribution in [0.15, 0.2) is 36.2 Å². The molecule has 0 bridgehead atoms. The molecule has 0 spiro atoms. The number of benzene rings is 1. The Kier molecular flexibility index (Phi) is 5.75. The molecule has 1 aromatic carbocycles. The molecule has 0 aliphatic rings. The molecule has 2 aromatic rings. The number of rotatable bonds is 5. The van der Waals surface area contributed by atoms with E-state index < -0.39 is 5.97 Å². The summed E-state index contributed by atoms with van der Waals surface area (Å²) < 4.78 is 11.4. The second-order valence-corrected chi connectivity index (χ2v) is 5.74. The summed E-state index contributed by atoms with van der Waals surface area (Å²) in [5.74, 6) is 0.0216. The second-order valence-electron chi connectivity index (χ2n) is 4.93. The van der Waals surface area contributed by atoms with Crippen molar-refractivity contribution in [2.75, 3.05) is 26.2 Å². The number of ether oxygens (including phenoxy) is 2. The molecule has 0 amide bonds. The Morgan fingerprint density at radius 1 is 1.25 bits per heavy atom. The highest BCUT2D eigenvalue weighted by atomic mass is 35.5. The second kappa shape index (κ2) is 7.59. The third-order valence-electron chi connectivity index (χ3n) is 3.41. The van der Waals surface area contributed by atoms with Gasteiger partial charge >= 0.3 is 5.97 Å². The first kappa shape index (κ1) is 18.2. The number of halogens is 2. The number of anilines is 1. The molecule has 0 aliphatic heterocycles. The average molecular weight is 370 g/mol. The van der Waals surface area contributed by atoms with Crippen molar-refractivity contribution in [3.05, 3.63) is 46.3 Å². The normalized spacial score (nSPS) is 11.3. The van der Waals surface area contributed by atoms with E-state index in [9.17, 15) is 4.79 Å². The Morgan fingerprint density at radius 3 is 2.54 bits per heavy atom. The lowest BCUT2D eigenvalue weighted by atomic mass is 10.1. The molecule has 0 atom stereocenters. The van der Waals surface area contributed by atoms with Gasteiger partial charge in [-0.15, -0.1) is 0 Å². The molecule has 0 saturated heterocycles. The molecule has 0 unspecified atom stereocenters. The number of esters is 1. The highest BCUT2D eigenvalue weighted by molar-refractivity contribution is 6.42. The van der Waals surface area contributed by atoms with Crippen molar-refractivity contribution in [2.45, 2.75) is 0 Å². The summed E-state index contributed by atoms with van der Waals surface area (Å²) in [6, 6.07) is 7.16. The van der Waals surface area contributed by atoms with Crippen molar-refractivity contribution in [3.63, 3.8) is 0 Å². The van der Waals surface area contributed by atoms with Gasteiger partial charge < -0.3 is 14.4 Å². The third kappa shape index (κ3) is 3.66. The lowest BCUT2D eigenvalue weighted by Crippen LogP contribution is -2.24. The summed E-state index contributed by atoms with van der Waals surface area (Å²) in [5, 5.41) is 5.36. The van der Waals surface area contributed by atoms with E-state index in [2.05, 4.69) is 5.10 Å². The zero-order valence-electron chi connectivity index (χ0n) is 13.7. The maximum Gasteiger partial charge on any atom is 0.357 e. The highest BCUT2D eigenvalue weighted by Gasteiger charge is 2.20. The van der Waals surface area contributed by atoms with Gasteiger partial charge in [-0.2, -0.15) is 5.10 Å². The topological polar surface area (TPSA) is 56.6 Å². The number of methoxy groups -OCH3 is 2. The predicted molar refractivity (Wildman–Crippen MR) is 94.2 cm³/mol. The van der Waals surface area contributed by atoms with Crippen LogP contribution in [0.4, 0.5) is 5.82 Å². The van der Waals surface area contributed by atoms with Crippen LogP contribution in [0.5, 0.6) is 0 Å². The fourth-order valence-electron chi connectivity index (χ4n) is 2.15. The molecule has 24 heavy (non-hydrogen) atoms. The minimum absolute atomic E-state index is 0.221. The molecule has 8 heteroatoms. The molecule has 2 rings (SSSR count). The maximum absolute atomic E-state index is 11.9. The zero-order valence-corrected chi connectivity index (χ0v) is 15.2. The van der Waals surface area contributed by atoms with Crippen LogP contribution in [0.1, 0.15) is 0 Å². The fourth-order valence-corrected chi connectivity index (χ4v) is 2.44. The standard InChI is InChI=1S/C16H17Cl2N3O3/c1-20(14(9-23-3)16(22)24-4)15-8-13(21(2)19-15)10-5-6-11(17)12(18)7-10/h5-9H,1-4H3. The number of likely N-dealkylation sites (N-methyl/N-ethyl adjacent to an activating group) is 1. The fraction of sp³-hybridized carbons (Fsp3) is 0.250. The molecule has 0 saturated carbocycles. The third-order valence-corrected chi connectivity index (χ3v) is 4.15. The number of hydrogen-bond donors (Lipinski definition) is 0. The SMILES string of the molecule is COC=C(C(=O)OC)N(C)c1cc(-c2ccc(Cl)c(Cl)c2)n(C)n1. The van der Waals surface area contributed by atoms with Crippen LogP contribution in [0.25, 0.3) is 11.3 Å². The number of hydrogen-bond acceptors (Lipinski definition) is 5. The predicted octanol–water partition coefficient (Wildman–Crippen LogP) is 3.49. The lowest BCUT2D eigenvalue weighted by Gasteiger charge is -2.17. The van der Waals surface area contributed by atoms with Gasteiger partial charge in [-0.25, -0.2) is 4.79 Å². The van der Waals surface area contributed by atoms with E-state index in [1.165, 1.54) is 20.5 Å². The van der Waals surface area contributed by atoms with E-state index in [0.29, 0.717) is 15.9 Å². The minimum Gasteiger partial charge on any atom is -0.502 e.